The van der Waals surface area contributed by atoms with Crippen LogP contribution in [0.15, 0.2) is 30.6 Å². The zero-order valence-electron chi connectivity index (χ0n) is 11.3. The van der Waals surface area contributed by atoms with E-state index in [-0.39, 0.29) is 12.3 Å². The lowest BCUT2D eigenvalue weighted by atomic mass is 10.0. The number of hydrogen-bond acceptors (Lipinski definition) is 4. The molecule has 3 rings (SSSR count). The Morgan fingerprint density at radius 3 is 2.86 bits per heavy atom. The fraction of sp³-hybridized carbons (Fsp3) is 0.143. The average molecular weight is 324 g/mol. The highest BCUT2D eigenvalue weighted by molar-refractivity contribution is 7.92. The summed E-state index contributed by atoms with van der Waals surface area (Å²) in [6.45, 7) is 1.95. The normalized spacial score (nSPS) is 11.0. The van der Waals surface area contributed by atoms with Crippen molar-refractivity contribution in [1.82, 2.24) is 13.9 Å². The van der Waals surface area contributed by atoms with Gasteiger partial charge in [0.1, 0.15) is 5.15 Å². The molecule has 7 heteroatoms. The summed E-state index contributed by atoms with van der Waals surface area (Å²) in [6.07, 6.45) is 3.35. The summed E-state index contributed by atoms with van der Waals surface area (Å²) in [4.78, 5) is 8.40. The third kappa shape index (κ3) is 2.34. The lowest BCUT2D eigenvalue weighted by Gasteiger charge is -2.09. The summed E-state index contributed by atoms with van der Waals surface area (Å²) >= 11 is 5.98. The lowest BCUT2D eigenvalue weighted by Crippen LogP contribution is -1.93. The number of pyridine rings is 2. The Kier molecular flexibility index (Phi) is 3.73. The predicted molar refractivity (Wildman–Crippen MR) is 83.4 cm³/mol. The highest BCUT2D eigenvalue weighted by atomic mass is 35.5. The highest BCUT2D eigenvalue weighted by Crippen LogP contribution is 2.38. The minimum Gasteiger partial charge on any atom is -0.481 e. The summed E-state index contributed by atoms with van der Waals surface area (Å²) in [5.74, 6) is 0.493. The van der Waals surface area contributed by atoms with Crippen molar-refractivity contribution in [2.75, 3.05) is 7.11 Å². The van der Waals surface area contributed by atoms with Crippen LogP contribution in [0.4, 0.5) is 3.89 Å². The molecule has 0 fully saturated rings. The first-order valence-electron chi connectivity index (χ1n) is 6.12. The maximum absolute atomic E-state index is 13.1. The van der Waals surface area contributed by atoms with Crippen molar-refractivity contribution in [3.8, 4) is 17.0 Å². The van der Waals surface area contributed by atoms with Crippen molar-refractivity contribution < 1.29 is 8.62 Å². The van der Waals surface area contributed by atoms with E-state index in [1.54, 1.807) is 25.6 Å². The minimum absolute atomic E-state index is 0.0761. The molecule has 21 heavy (non-hydrogen) atoms. The van der Waals surface area contributed by atoms with E-state index in [9.17, 15) is 3.89 Å². The SMILES string of the molecule is COc1nccc(C)c1-c1cn(SF)c2nc(Cl)ccc12. The first kappa shape index (κ1) is 14.2. The van der Waals surface area contributed by atoms with Crippen molar-refractivity contribution in [1.29, 1.82) is 0 Å². The lowest BCUT2D eigenvalue weighted by molar-refractivity contribution is 0.399. The van der Waals surface area contributed by atoms with Crippen LogP contribution >= 0.6 is 23.9 Å². The molecule has 0 unspecified atom stereocenters. The van der Waals surface area contributed by atoms with Crippen LogP contribution in [0, 0.1) is 6.92 Å². The molecule has 0 saturated carbocycles. The van der Waals surface area contributed by atoms with Gasteiger partial charge in [0.25, 0.3) is 0 Å². The number of aromatic nitrogens is 3. The second kappa shape index (κ2) is 5.54. The van der Waals surface area contributed by atoms with Crippen LogP contribution in [0.25, 0.3) is 22.2 Å². The van der Waals surface area contributed by atoms with Crippen molar-refractivity contribution in [3.05, 3.63) is 41.3 Å². The van der Waals surface area contributed by atoms with Crippen LogP contribution in [0.1, 0.15) is 5.56 Å². The van der Waals surface area contributed by atoms with Crippen LogP contribution in [-0.4, -0.2) is 21.1 Å². The third-order valence-corrected chi connectivity index (χ3v) is 3.89. The molecule has 0 radical (unpaired) electrons. The van der Waals surface area contributed by atoms with Gasteiger partial charge in [-0.25, -0.2) is 13.9 Å². The first-order chi connectivity index (χ1) is 10.2. The summed E-state index contributed by atoms with van der Waals surface area (Å²) in [5.41, 5.74) is 3.08. The van der Waals surface area contributed by atoms with Crippen LogP contribution in [0.2, 0.25) is 5.15 Å². The van der Waals surface area contributed by atoms with E-state index in [0.29, 0.717) is 16.7 Å². The topological polar surface area (TPSA) is 39.9 Å². The van der Waals surface area contributed by atoms with Gasteiger partial charge in [-0.15, -0.1) is 3.89 Å². The number of nitrogens with zero attached hydrogens (tertiary/aromatic N) is 3. The standard InChI is InChI=1S/C14H11ClFN3OS/c1-8-5-6-17-14(20-2)12(8)10-7-19(21-16)13-9(10)3-4-11(15)18-13/h3-7H,1-2H3. The first-order valence-corrected chi connectivity index (χ1v) is 7.17. The Morgan fingerprint density at radius 1 is 1.33 bits per heavy atom. The molecule has 0 saturated heterocycles. The molecule has 108 valence electrons. The van der Waals surface area contributed by atoms with Gasteiger partial charge >= 0.3 is 0 Å². The number of aryl methyl sites for hydroxylation is 1. The Hall–Kier alpha value is -1.79. The number of methoxy groups -OCH3 is 1. The van der Waals surface area contributed by atoms with Crippen molar-refractivity contribution in [2.24, 2.45) is 0 Å². The molecule has 0 atom stereocenters. The molecule has 3 heterocycles. The molecule has 0 aliphatic rings. The molecule has 0 spiro atoms. The van der Waals surface area contributed by atoms with Crippen molar-refractivity contribution >= 4 is 35.0 Å². The van der Waals surface area contributed by atoms with E-state index >= 15 is 0 Å². The maximum Gasteiger partial charge on any atom is 0.221 e. The molecular weight excluding hydrogens is 313 g/mol. The number of fused-ring (bicyclic) bond motifs is 1. The Labute approximate surface area is 130 Å². The molecule has 4 nitrogen and oxygen atoms in total. The van der Waals surface area contributed by atoms with Crippen molar-refractivity contribution in [3.63, 3.8) is 0 Å². The number of halogens is 2. The van der Waals surface area contributed by atoms with Gasteiger partial charge in [-0.3, -0.25) is 0 Å². The minimum atomic E-state index is 0.0761. The summed E-state index contributed by atoms with van der Waals surface area (Å²) in [7, 11) is 1.56. The van der Waals surface area contributed by atoms with Gasteiger partial charge in [-0.1, -0.05) is 11.6 Å². The average Bonchev–Trinajstić information content (AvgIpc) is 2.84. The highest BCUT2D eigenvalue weighted by Gasteiger charge is 2.18. The second-order valence-electron chi connectivity index (χ2n) is 4.45. The molecule has 0 aliphatic carbocycles. The smallest absolute Gasteiger partial charge is 0.221 e. The molecule has 0 N–H and O–H groups in total. The van der Waals surface area contributed by atoms with E-state index in [2.05, 4.69) is 9.97 Å². The quantitative estimate of drug-likeness (QED) is 0.668. The van der Waals surface area contributed by atoms with E-state index < -0.39 is 0 Å². The molecular formula is C14H11ClFN3OS. The Balaban J connectivity index is 2.36. The Bertz CT molecular complexity index is 821. The summed E-state index contributed by atoms with van der Waals surface area (Å²) < 4.78 is 19.8. The van der Waals surface area contributed by atoms with Gasteiger partial charge in [0.05, 0.1) is 7.11 Å². The van der Waals surface area contributed by atoms with E-state index in [4.69, 9.17) is 16.3 Å². The van der Waals surface area contributed by atoms with Gasteiger partial charge in [0, 0.05) is 28.9 Å². The van der Waals surface area contributed by atoms with E-state index in [1.165, 1.54) is 3.97 Å². The van der Waals surface area contributed by atoms with Crippen LogP contribution in [-0.2, 0) is 0 Å². The molecule has 0 aromatic carbocycles. The third-order valence-electron chi connectivity index (χ3n) is 3.25. The fourth-order valence-corrected chi connectivity index (χ4v) is 2.81. The van der Waals surface area contributed by atoms with E-state index in [1.807, 2.05) is 19.1 Å². The molecule has 0 aliphatic heterocycles. The molecule has 0 amide bonds. The number of rotatable bonds is 3. The van der Waals surface area contributed by atoms with Crippen molar-refractivity contribution in [2.45, 2.75) is 6.92 Å². The second-order valence-corrected chi connectivity index (χ2v) is 5.37. The monoisotopic (exact) mass is 323 g/mol. The van der Waals surface area contributed by atoms with Gasteiger partial charge in [0.2, 0.25) is 5.88 Å². The molecule has 3 aromatic heterocycles. The maximum atomic E-state index is 13.1. The van der Waals surface area contributed by atoms with Gasteiger partial charge in [-0.2, -0.15) is 0 Å². The summed E-state index contributed by atoms with van der Waals surface area (Å²) in [6, 6.07) is 5.38. The van der Waals surface area contributed by atoms with Gasteiger partial charge in [-0.05, 0) is 30.7 Å². The molecule has 3 aromatic rings. The summed E-state index contributed by atoms with van der Waals surface area (Å²) in [5, 5.41) is 1.11. The zero-order valence-corrected chi connectivity index (χ0v) is 12.9. The molecule has 0 bridgehead atoms. The van der Waals surface area contributed by atoms with Crippen LogP contribution < -0.4 is 4.74 Å². The van der Waals surface area contributed by atoms with E-state index in [0.717, 1.165) is 22.1 Å². The van der Waals surface area contributed by atoms with Crippen LogP contribution in [0.5, 0.6) is 5.88 Å². The number of ether oxygens (including phenoxy) is 1. The Morgan fingerprint density at radius 2 is 2.14 bits per heavy atom. The predicted octanol–water partition coefficient (Wildman–Crippen LogP) is 4.45. The van der Waals surface area contributed by atoms with Crippen LogP contribution in [0.3, 0.4) is 0 Å². The van der Waals surface area contributed by atoms with Gasteiger partial charge in [0.15, 0.2) is 18.0 Å². The number of hydrogen-bond donors (Lipinski definition) is 0. The zero-order chi connectivity index (χ0) is 15.0. The largest absolute Gasteiger partial charge is 0.481 e. The fourth-order valence-electron chi connectivity index (χ4n) is 2.32. The van der Waals surface area contributed by atoms with Gasteiger partial charge < -0.3 is 4.74 Å².